The first kappa shape index (κ1) is 10.4. The zero-order valence-electron chi connectivity index (χ0n) is 7.01. The Hall–Kier alpha value is -0.660. The lowest BCUT2D eigenvalue weighted by Crippen LogP contribution is -2.41. The summed E-state index contributed by atoms with van der Waals surface area (Å²) in [5, 5.41) is -0.958. The van der Waals surface area contributed by atoms with E-state index in [1.807, 2.05) is 0 Å². The number of nitrogens with zero attached hydrogens (tertiary/aromatic N) is 1. The number of carbonyl (C=O) groups is 1. The molecule has 1 fully saturated rings. The maximum atomic E-state index is 10.8. The van der Waals surface area contributed by atoms with Crippen molar-refractivity contribution in [3.8, 4) is 0 Å². The molecule has 6 nitrogen and oxygen atoms in total. The molecular formula is C6H12N2O4S. The predicted molar refractivity (Wildman–Crippen MR) is 45.3 cm³/mol. The molecule has 1 saturated heterocycles. The Kier molecular flexibility index (Phi) is 2.89. The van der Waals surface area contributed by atoms with E-state index in [4.69, 9.17) is 10.3 Å². The second-order valence-electron chi connectivity index (χ2n) is 3.05. The molecule has 76 valence electrons. The van der Waals surface area contributed by atoms with E-state index in [9.17, 15) is 13.2 Å². The van der Waals surface area contributed by atoms with Crippen LogP contribution in [0.3, 0.4) is 0 Å². The molecule has 0 aromatic rings. The minimum Gasteiger partial charge on any atom is -0.369 e. The van der Waals surface area contributed by atoms with Crippen LogP contribution in [0, 0.1) is 0 Å². The standard InChI is InChI=1S/C6H12N2O4S/c7-5(9)4-8-3-1-2-6(8)13(10,11)12/h6H,1-4H2,(H2,7,9)(H,10,11,12). The van der Waals surface area contributed by atoms with Crippen molar-refractivity contribution in [1.29, 1.82) is 0 Å². The summed E-state index contributed by atoms with van der Waals surface area (Å²) in [5.74, 6) is -0.587. The molecule has 13 heavy (non-hydrogen) atoms. The van der Waals surface area contributed by atoms with E-state index in [1.54, 1.807) is 0 Å². The van der Waals surface area contributed by atoms with E-state index in [0.717, 1.165) is 0 Å². The van der Waals surface area contributed by atoms with Crippen LogP contribution in [-0.4, -0.2) is 42.2 Å². The van der Waals surface area contributed by atoms with Crippen molar-refractivity contribution in [3.63, 3.8) is 0 Å². The smallest absolute Gasteiger partial charge is 0.281 e. The Morgan fingerprint density at radius 1 is 1.62 bits per heavy atom. The fraction of sp³-hybridized carbons (Fsp3) is 0.833. The van der Waals surface area contributed by atoms with Gasteiger partial charge in [-0.05, 0) is 12.8 Å². The number of hydrogen-bond donors (Lipinski definition) is 2. The molecule has 1 aliphatic heterocycles. The minimum absolute atomic E-state index is 0.121. The van der Waals surface area contributed by atoms with E-state index in [0.29, 0.717) is 19.4 Å². The van der Waals surface area contributed by atoms with Gasteiger partial charge < -0.3 is 5.73 Å². The van der Waals surface area contributed by atoms with E-state index >= 15 is 0 Å². The Morgan fingerprint density at radius 2 is 2.23 bits per heavy atom. The largest absolute Gasteiger partial charge is 0.369 e. The molecule has 0 saturated carbocycles. The lowest BCUT2D eigenvalue weighted by Gasteiger charge is -2.19. The lowest BCUT2D eigenvalue weighted by molar-refractivity contribution is -0.119. The van der Waals surface area contributed by atoms with Gasteiger partial charge in [-0.15, -0.1) is 0 Å². The minimum atomic E-state index is -4.08. The van der Waals surface area contributed by atoms with Gasteiger partial charge in [-0.1, -0.05) is 0 Å². The summed E-state index contributed by atoms with van der Waals surface area (Å²) in [7, 11) is -4.08. The van der Waals surface area contributed by atoms with E-state index < -0.39 is 21.4 Å². The van der Waals surface area contributed by atoms with Crippen LogP contribution in [0.5, 0.6) is 0 Å². The van der Waals surface area contributed by atoms with Gasteiger partial charge >= 0.3 is 0 Å². The third-order valence-corrected chi connectivity index (χ3v) is 3.23. The third kappa shape index (κ3) is 2.64. The molecule has 1 heterocycles. The van der Waals surface area contributed by atoms with Crippen molar-refractivity contribution in [2.75, 3.05) is 13.1 Å². The van der Waals surface area contributed by atoms with Crippen molar-refractivity contribution >= 4 is 16.0 Å². The number of amides is 1. The highest BCUT2D eigenvalue weighted by atomic mass is 32.2. The average molecular weight is 208 g/mol. The molecule has 0 bridgehead atoms. The number of primary amides is 1. The van der Waals surface area contributed by atoms with Gasteiger partial charge in [-0.25, -0.2) is 0 Å². The van der Waals surface area contributed by atoms with Gasteiger partial charge in [-0.2, -0.15) is 8.42 Å². The quantitative estimate of drug-likeness (QED) is 0.566. The molecule has 0 radical (unpaired) electrons. The highest BCUT2D eigenvalue weighted by Gasteiger charge is 2.34. The second kappa shape index (κ2) is 3.60. The van der Waals surface area contributed by atoms with Gasteiger partial charge in [0.2, 0.25) is 5.91 Å². The van der Waals surface area contributed by atoms with Crippen molar-refractivity contribution in [2.24, 2.45) is 5.73 Å². The highest BCUT2D eigenvalue weighted by molar-refractivity contribution is 7.86. The van der Waals surface area contributed by atoms with Crippen LogP contribution < -0.4 is 5.73 Å². The van der Waals surface area contributed by atoms with Crippen LogP contribution in [0.15, 0.2) is 0 Å². The van der Waals surface area contributed by atoms with Gasteiger partial charge in [0, 0.05) is 6.54 Å². The SMILES string of the molecule is NC(=O)CN1CCCC1S(=O)(=O)O. The number of nitrogens with two attached hydrogens (primary N) is 1. The molecule has 0 aliphatic carbocycles. The number of likely N-dealkylation sites (tertiary alicyclic amines) is 1. The Labute approximate surface area is 76.4 Å². The van der Waals surface area contributed by atoms with E-state index in [1.165, 1.54) is 4.90 Å². The molecule has 7 heteroatoms. The van der Waals surface area contributed by atoms with Crippen LogP contribution in [-0.2, 0) is 14.9 Å². The van der Waals surface area contributed by atoms with Gasteiger partial charge in [-0.3, -0.25) is 14.2 Å². The van der Waals surface area contributed by atoms with Crippen molar-refractivity contribution in [1.82, 2.24) is 4.90 Å². The lowest BCUT2D eigenvalue weighted by atomic mass is 10.4. The summed E-state index contributed by atoms with van der Waals surface area (Å²) < 4.78 is 30.4. The molecule has 1 atom stereocenters. The Bertz CT molecular complexity index is 300. The number of rotatable bonds is 3. The zero-order chi connectivity index (χ0) is 10.1. The topological polar surface area (TPSA) is 101 Å². The molecular weight excluding hydrogens is 196 g/mol. The number of hydrogen-bond acceptors (Lipinski definition) is 4. The van der Waals surface area contributed by atoms with Crippen molar-refractivity contribution in [2.45, 2.75) is 18.2 Å². The molecule has 3 N–H and O–H groups in total. The van der Waals surface area contributed by atoms with Crippen LogP contribution in [0.4, 0.5) is 0 Å². The van der Waals surface area contributed by atoms with Crippen molar-refractivity contribution in [3.05, 3.63) is 0 Å². The second-order valence-corrected chi connectivity index (χ2v) is 4.62. The molecule has 0 spiro atoms. The van der Waals surface area contributed by atoms with Crippen LogP contribution in [0.1, 0.15) is 12.8 Å². The summed E-state index contributed by atoms with van der Waals surface area (Å²) in [6.07, 6.45) is 1.00. The van der Waals surface area contributed by atoms with E-state index in [-0.39, 0.29) is 6.54 Å². The molecule has 1 amide bonds. The third-order valence-electron chi connectivity index (χ3n) is 2.01. The normalized spacial score (nSPS) is 24.8. The van der Waals surface area contributed by atoms with Gasteiger partial charge in [0.15, 0.2) is 0 Å². The average Bonchev–Trinajstić information content (AvgIpc) is 2.31. The van der Waals surface area contributed by atoms with Gasteiger partial charge in [0.1, 0.15) is 5.37 Å². The van der Waals surface area contributed by atoms with Gasteiger partial charge in [0.25, 0.3) is 10.1 Å². The fourth-order valence-corrected chi connectivity index (χ4v) is 2.54. The summed E-state index contributed by atoms with van der Waals surface area (Å²) >= 11 is 0. The number of carbonyl (C=O) groups excluding carboxylic acids is 1. The van der Waals surface area contributed by atoms with Crippen LogP contribution >= 0.6 is 0 Å². The van der Waals surface area contributed by atoms with Crippen LogP contribution in [0.2, 0.25) is 0 Å². The van der Waals surface area contributed by atoms with E-state index in [2.05, 4.69) is 0 Å². The molecule has 1 aliphatic rings. The Balaban J connectivity index is 2.70. The Morgan fingerprint density at radius 3 is 2.69 bits per heavy atom. The predicted octanol–water partition coefficient (Wildman–Crippen LogP) is -1.22. The fourth-order valence-electron chi connectivity index (χ4n) is 1.51. The molecule has 0 aromatic carbocycles. The summed E-state index contributed by atoms with van der Waals surface area (Å²) in [6, 6.07) is 0. The highest BCUT2D eigenvalue weighted by Crippen LogP contribution is 2.20. The first-order valence-corrected chi connectivity index (χ1v) is 5.40. The first-order chi connectivity index (χ1) is 5.91. The van der Waals surface area contributed by atoms with Crippen LogP contribution in [0.25, 0.3) is 0 Å². The first-order valence-electron chi connectivity index (χ1n) is 3.90. The summed E-state index contributed by atoms with van der Waals surface area (Å²) in [5.41, 5.74) is 4.92. The van der Waals surface area contributed by atoms with Gasteiger partial charge in [0.05, 0.1) is 6.54 Å². The molecule has 1 rings (SSSR count). The molecule has 1 unspecified atom stereocenters. The summed E-state index contributed by atoms with van der Waals surface area (Å²) in [6.45, 7) is 0.359. The zero-order valence-corrected chi connectivity index (χ0v) is 7.83. The maximum Gasteiger partial charge on any atom is 0.281 e. The summed E-state index contributed by atoms with van der Waals surface area (Å²) in [4.78, 5) is 11.9. The molecule has 0 aromatic heterocycles. The van der Waals surface area contributed by atoms with Crippen molar-refractivity contribution < 1.29 is 17.8 Å². The maximum absolute atomic E-state index is 10.8. The monoisotopic (exact) mass is 208 g/mol.